The molecule has 1 aliphatic rings. The van der Waals surface area contributed by atoms with E-state index in [1.807, 2.05) is 13.8 Å². The van der Waals surface area contributed by atoms with E-state index in [0.717, 1.165) is 6.42 Å². The van der Waals surface area contributed by atoms with Gasteiger partial charge < -0.3 is 5.32 Å². The maximum absolute atomic E-state index is 12.3. The molecule has 2 rings (SSSR count). The second-order valence-electron chi connectivity index (χ2n) is 5.85. The van der Waals surface area contributed by atoms with E-state index < -0.39 is 9.84 Å². The molecule has 6 heteroatoms. The number of nitrogens with one attached hydrogen (secondary N) is 1. The van der Waals surface area contributed by atoms with Crippen molar-refractivity contribution in [3.05, 3.63) is 24.3 Å². The minimum absolute atomic E-state index is 0.0259. The van der Waals surface area contributed by atoms with Crippen molar-refractivity contribution in [1.29, 1.82) is 0 Å². The first kappa shape index (κ1) is 17.3. The van der Waals surface area contributed by atoms with E-state index in [9.17, 15) is 13.2 Å². The van der Waals surface area contributed by atoms with E-state index in [2.05, 4.69) is 12.2 Å². The molecule has 1 N–H and O–H groups in total. The lowest BCUT2D eigenvalue weighted by atomic mass is 10.4. The lowest BCUT2D eigenvalue weighted by Crippen LogP contribution is -2.33. The monoisotopic (exact) mass is 341 g/mol. The molecule has 4 nitrogen and oxygen atoms in total. The number of sulfone groups is 1. The van der Waals surface area contributed by atoms with Crippen LogP contribution in [0.4, 0.5) is 0 Å². The van der Waals surface area contributed by atoms with E-state index in [0.29, 0.717) is 22.1 Å². The summed E-state index contributed by atoms with van der Waals surface area (Å²) < 4.78 is 24.6. The van der Waals surface area contributed by atoms with Gasteiger partial charge in [0, 0.05) is 10.9 Å². The second-order valence-corrected chi connectivity index (χ2v) is 9.31. The lowest BCUT2D eigenvalue weighted by molar-refractivity contribution is -0.120. The molecular formula is C16H23NO3S2. The first-order valence-electron chi connectivity index (χ1n) is 7.64. The van der Waals surface area contributed by atoms with Gasteiger partial charge in [-0.1, -0.05) is 26.0 Å². The molecule has 122 valence electrons. The first-order chi connectivity index (χ1) is 10.3. The minimum Gasteiger partial charge on any atom is -0.352 e. The van der Waals surface area contributed by atoms with Crippen LogP contribution in [-0.4, -0.2) is 31.4 Å². The largest absolute Gasteiger partial charge is 0.352 e. The third-order valence-corrected chi connectivity index (χ3v) is 7.05. The van der Waals surface area contributed by atoms with Gasteiger partial charge in [-0.3, -0.25) is 4.79 Å². The molecule has 0 unspecified atom stereocenters. The van der Waals surface area contributed by atoms with Crippen LogP contribution in [0.3, 0.4) is 0 Å². The van der Waals surface area contributed by atoms with Crippen molar-refractivity contribution in [2.75, 3.05) is 5.75 Å². The number of rotatable bonds is 7. The third-order valence-electron chi connectivity index (χ3n) is 3.77. The van der Waals surface area contributed by atoms with Gasteiger partial charge in [-0.05, 0) is 37.8 Å². The first-order valence-corrected chi connectivity index (χ1v) is 10.2. The Hall–Kier alpha value is -1.01. The summed E-state index contributed by atoms with van der Waals surface area (Å²) in [5, 5.41) is 2.68. The molecule has 0 aromatic heterocycles. The van der Waals surface area contributed by atoms with E-state index in [1.165, 1.54) is 11.8 Å². The van der Waals surface area contributed by atoms with Gasteiger partial charge in [0.1, 0.15) is 0 Å². The quantitative estimate of drug-likeness (QED) is 0.775. The molecular weight excluding hydrogens is 318 g/mol. The van der Waals surface area contributed by atoms with Crippen molar-refractivity contribution in [3.63, 3.8) is 0 Å². The summed E-state index contributed by atoms with van der Waals surface area (Å²) in [6, 6.07) is 7.22. The molecule has 3 atom stereocenters. The van der Waals surface area contributed by atoms with E-state index in [1.54, 1.807) is 24.3 Å². The Morgan fingerprint density at radius 2 is 2.05 bits per heavy atom. The van der Waals surface area contributed by atoms with Crippen LogP contribution in [0, 0.1) is 5.92 Å². The molecule has 22 heavy (non-hydrogen) atoms. The fourth-order valence-electron chi connectivity index (χ4n) is 2.25. The Balaban J connectivity index is 2.10. The molecule has 1 aliphatic carbocycles. The maximum Gasteiger partial charge on any atom is 0.233 e. The number of hydrogen-bond donors (Lipinski definition) is 1. The average molecular weight is 341 g/mol. The van der Waals surface area contributed by atoms with Gasteiger partial charge in [-0.15, -0.1) is 11.8 Å². The van der Waals surface area contributed by atoms with Crippen LogP contribution in [0.1, 0.15) is 33.6 Å². The van der Waals surface area contributed by atoms with Gasteiger partial charge >= 0.3 is 0 Å². The third kappa shape index (κ3) is 4.26. The summed E-state index contributed by atoms with van der Waals surface area (Å²) in [6.07, 6.45) is 1.61. The summed E-state index contributed by atoms with van der Waals surface area (Å²) >= 11 is 1.31. The minimum atomic E-state index is -3.28. The highest BCUT2D eigenvalue weighted by molar-refractivity contribution is 8.01. The zero-order valence-corrected chi connectivity index (χ0v) is 14.8. The molecule has 0 spiro atoms. The summed E-state index contributed by atoms with van der Waals surface area (Å²) in [5.74, 6) is 0.658. The zero-order valence-electron chi connectivity index (χ0n) is 13.2. The van der Waals surface area contributed by atoms with Gasteiger partial charge in [0.2, 0.25) is 5.91 Å². The van der Waals surface area contributed by atoms with Crippen molar-refractivity contribution < 1.29 is 13.2 Å². The Bertz CT molecular complexity index is 643. The number of hydrogen-bond acceptors (Lipinski definition) is 4. The van der Waals surface area contributed by atoms with Crippen LogP contribution in [0.5, 0.6) is 0 Å². The normalized spacial score (nSPS) is 22.1. The van der Waals surface area contributed by atoms with Crippen molar-refractivity contribution in [1.82, 2.24) is 5.32 Å². The summed E-state index contributed by atoms with van der Waals surface area (Å²) in [4.78, 5) is 13.1. The molecule has 0 radical (unpaired) electrons. The standard InChI is InChI=1S/C16H23NO3S2/c1-4-9-22(19,20)15-8-6-5-7-14(15)21-12(3)16(18)17-13-10-11(13)2/h5-8,11-13H,4,9-10H2,1-3H3,(H,17,18)/t11-,12-,13+/m1/s1. The fourth-order valence-corrected chi connectivity index (χ4v) is 5.09. The smallest absolute Gasteiger partial charge is 0.233 e. The zero-order chi connectivity index (χ0) is 16.3. The number of thioether (sulfide) groups is 1. The van der Waals surface area contributed by atoms with Gasteiger partial charge in [0.25, 0.3) is 0 Å². The van der Waals surface area contributed by atoms with Crippen molar-refractivity contribution in [2.24, 2.45) is 5.92 Å². The Morgan fingerprint density at radius 3 is 2.64 bits per heavy atom. The highest BCUT2D eigenvalue weighted by Gasteiger charge is 2.35. The SMILES string of the molecule is CCCS(=O)(=O)c1ccccc1S[C@H](C)C(=O)N[C@H]1C[C@H]1C. The molecule has 1 aromatic rings. The second kappa shape index (κ2) is 7.04. The molecule has 1 saturated carbocycles. The molecule has 0 saturated heterocycles. The fraction of sp³-hybridized carbons (Fsp3) is 0.562. The van der Waals surface area contributed by atoms with Gasteiger partial charge in [-0.25, -0.2) is 8.42 Å². The van der Waals surface area contributed by atoms with E-state index in [4.69, 9.17) is 0 Å². The van der Waals surface area contributed by atoms with Crippen molar-refractivity contribution in [2.45, 2.75) is 54.7 Å². The number of benzene rings is 1. The van der Waals surface area contributed by atoms with Crippen LogP contribution in [0.25, 0.3) is 0 Å². The summed E-state index contributed by atoms with van der Waals surface area (Å²) in [7, 11) is -3.28. The van der Waals surface area contributed by atoms with Crippen molar-refractivity contribution >= 4 is 27.5 Å². The predicted octanol–water partition coefficient (Wildman–Crippen LogP) is 2.88. The number of amides is 1. The number of carbonyl (C=O) groups is 1. The number of carbonyl (C=O) groups excluding carboxylic acids is 1. The average Bonchev–Trinajstić information content (AvgIpc) is 3.14. The van der Waals surface area contributed by atoms with Crippen LogP contribution in [0.15, 0.2) is 34.1 Å². The van der Waals surface area contributed by atoms with Crippen LogP contribution in [-0.2, 0) is 14.6 Å². The molecule has 1 fully saturated rings. The van der Waals surface area contributed by atoms with Gasteiger partial charge in [-0.2, -0.15) is 0 Å². The van der Waals surface area contributed by atoms with Gasteiger partial charge in [0.15, 0.2) is 9.84 Å². The Morgan fingerprint density at radius 1 is 1.41 bits per heavy atom. The molecule has 1 amide bonds. The highest BCUT2D eigenvalue weighted by Crippen LogP contribution is 2.33. The topological polar surface area (TPSA) is 63.2 Å². The van der Waals surface area contributed by atoms with Crippen LogP contribution in [0.2, 0.25) is 0 Å². The molecule has 1 aromatic carbocycles. The van der Waals surface area contributed by atoms with Crippen LogP contribution >= 0.6 is 11.8 Å². The molecule has 0 aliphatic heterocycles. The van der Waals surface area contributed by atoms with E-state index >= 15 is 0 Å². The Kier molecular flexibility index (Phi) is 5.55. The van der Waals surface area contributed by atoms with Crippen molar-refractivity contribution in [3.8, 4) is 0 Å². The van der Waals surface area contributed by atoms with E-state index in [-0.39, 0.29) is 23.0 Å². The lowest BCUT2D eigenvalue weighted by Gasteiger charge is -2.14. The van der Waals surface area contributed by atoms with Crippen LogP contribution < -0.4 is 5.32 Å². The molecule has 0 heterocycles. The summed E-state index contributed by atoms with van der Waals surface area (Å²) in [6.45, 7) is 5.77. The maximum atomic E-state index is 12.3. The predicted molar refractivity (Wildman–Crippen MR) is 89.8 cm³/mol. The molecule has 0 bridgehead atoms. The Labute approximate surface area is 137 Å². The van der Waals surface area contributed by atoms with Gasteiger partial charge in [0.05, 0.1) is 15.9 Å². The highest BCUT2D eigenvalue weighted by atomic mass is 32.2. The summed E-state index contributed by atoms with van der Waals surface area (Å²) in [5.41, 5.74) is 0.